The fourth-order valence-electron chi connectivity index (χ4n) is 3.26. The number of amides is 1. The summed E-state index contributed by atoms with van der Waals surface area (Å²) >= 11 is 5.85. The van der Waals surface area contributed by atoms with Crippen LogP contribution < -0.4 is 15.2 Å². The Morgan fingerprint density at radius 2 is 1.97 bits per heavy atom. The number of halogens is 4. The monoisotopic (exact) mass is 489 g/mol. The SMILES string of the molecule is C[C@@H](COc1cn[nH]c(=O)c1C(F)(F)F)OCCC(=O)N1CCN(c2ccc(Cl)cn2)CC1. The van der Waals surface area contributed by atoms with Gasteiger partial charge in [-0.3, -0.25) is 9.59 Å². The number of hydrogen-bond donors (Lipinski definition) is 1. The Bertz CT molecular complexity index is 994. The van der Waals surface area contributed by atoms with Crippen LogP contribution in [0.5, 0.6) is 5.75 Å². The van der Waals surface area contributed by atoms with Crippen molar-refractivity contribution in [2.24, 2.45) is 0 Å². The van der Waals surface area contributed by atoms with E-state index >= 15 is 0 Å². The zero-order valence-electron chi connectivity index (χ0n) is 17.8. The predicted octanol–water partition coefficient (Wildman–Crippen LogP) is 2.36. The lowest BCUT2D eigenvalue weighted by molar-refractivity contribution is -0.140. The average Bonchev–Trinajstić information content (AvgIpc) is 2.77. The normalized spacial score (nSPS) is 15.4. The molecule has 0 bridgehead atoms. The number of aromatic nitrogens is 3. The van der Waals surface area contributed by atoms with Gasteiger partial charge in [0.05, 0.1) is 30.4 Å². The number of alkyl halides is 3. The Balaban J connectivity index is 1.39. The standard InChI is InChI=1S/C20H23ClF3N5O4/c1-13(12-33-15-11-26-27-19(31)18(15)20(22,23)24)32-9-4-17(30)29-7-5-28(6-8-29)16-3-2-14(21)10-25-16/h2-3,10-11,13H,4-9,12H2,1H3,(H,27,31)/t13-/m0/s1. The first-order chi connectivity index (χ1) is 15.6. The van der Waals surface area contributed by atoms with Gasteiger partial charge < -0.3 is 19.3 Å². The van der Waals surface area contributed by atoms with E-state index in [-0.39, 0.29) is 25.5 Å². The van der Waals surface area contributed by atoms with Gasteiger partial charge in [0.15, 0.2) is 11.3 Å². The number of aromatic amines is 1. The molecule has 1 amide bonds. The number of ether oxygens (including phenoxy) is 2. The Morgan fingerprint density at radius 1 is 1.24 bits per heavy atom. The second kappa shape index (κ2) is 10.8. The molecule has 9 nitrogen and oxygen atoms in total. The molecule has 3 rings (SSSR count). The lowest BCUT2D eigenvalue weighted by Gasteiger charge is -2.35. The summed E-state index contributed by atoms with van der Waals surface area (Å²) in [4.78, 5) is 31.9. The van der Waals surface area contributed by atoms with E-state index in [1.807, 2.05) is 6.07 Å². The summed E-state index contributed by atoms with van der Waals surface area (Å²) in [5, 5.41) is 5.63. The molecule has 1 aliphatic rings. The molecule has 0 unspecified atom stereocenters. The quantitative estimate of drug-likeness (QED) is 0.607. The van der Waals surface area contributed by atoms with Crippen molar-refractivity contribution in [3.8, 4) is 5.75 Å². The number of piperazine rings is 1. The highest BCUT2D eigenvalue weighted by molar-refractivity contribution is 6.30. The van der Waals surface area contributed by atoms with Gasteiger partial charge in [-0.2, -0.15) is 18.3 Å². The molecule has 0 aliphatic carbocycles. The molecule has 180 valence electrons. The third-order valence-electron chi connectivity index (χ3n) is 4.96. The van der Waals surface area contributed by atoms with Gasteiger partial charge in [0.2, 0.25) is 5.91 Å². The minimum atomic E-state index is -4.88. The lowest BCUT2D eigenvalue weighted by atomic mass is 10.2. The predicted molar refractivity (Wildman–Crippen MR) is 113 cm³/mol. The van der Waals surface area contributed by atoms with Gasteiger partial charge in [0.1, 0.15) is 12.4 Å². The van der Waals surface area contributed by atoms with Crippen LogP contribution in [0.4, 0.5) is 19.0 Å². The van der Waals surface area contributed by atoms with Crippen LogP contribution in [0.25, 0.3) is 0 Å². The Labute approximate surface area is 192 Å². The maximum Gasteiger partial charge on any atom is 0.425 e. The molecule has 3 heterocycles. The van der Waals surface area contributed by atoms with Gasteiger partial charge in [0.25, 0.3) is 5.56 Å². The molecule has 2 aromatic rings. The van der Waals surface area contributed by atoms with Crippen molar-refractivity contribution in [2.75, 3.05) is 44.3 Å². The third-order valence-corrected chi connectivity index (χ3v) is 5.19. The Hall–Kier alpha value is -2.86. The minimum absolute atomic E-state index is 0.0787. The van der Waals surface area contributed by atoms with E-state index < -0.39 is 29.2 Å². The van der Waals surface area contributed by atoms with Gasteiger partial charge in [-0.1, -0.05) is 11.6 Å². The highest BCUT2D eigenvalue weighted by Gasteiger charge is 2.38. The van der Waals surface area contributed by atoms with Gasteiger partial charge in [-0.05, 0) is 19.1 Å². The molecular formula is C20H23ClF3N5O4. The molecule has 1 fully saturated rings. The number of anilines is 1. The summed E-state index contributed by atoms with van der Waals surface area (Å²) in [7, 11) is 0. The number of pyridine rings is 1. The highest BCUT2D eigenvalue weighted by Crippen LogP contribution is 2.32. The Morgan fingerprint density at radius 3 is 2.61 bits per heavy atom. The lowest BCUT2D eigenvalue weighted by Crippen LogP contribution is -2.49. The van der Waals surface area contributed by atoms with Crippen LogP contribution in [0, 0.1) is 0 Å². The van der Waals surface area contributed by atoms with Crippen LogP contribution in [-0.2, 0) is 15.7 Å². The third kappa shape index (κ3) is 6.81. The number of carbonyl (C=O) groups excluding carboxylic acids is 1. The molecule has 0 spiro atoms. The van der Waals surface area contributed by atoms with Crippen molar-refractivity contribution < 1.29 is 27.4 Å². The summed E-state index contributed by atoms with van der Waals surface area (Å²) in [6.45, 7) is 3.79. The van der Waals surface area contributed by atoms with Gasteiger partial charge in [0, 0.05) is 32.4 Å². The van der Waals surface area contributed by atoms with Crippen molar-refractivity contribution in [1.82, 2.24) is 20.1 Å². The highest BCUT2D eigenvalue weighted by atomic mass is 35.5. The topological polar surface area (TPSA) is 101 Å². The summed E-state index contributed by atoms with van der Waals surface area (Å²) in [5.74, 6) is 0.0451. The molecule has 1 aliphatic heterocycles. The number of nitrogens with one attached hydrogen (secondary N) is 1. The molecule has 1 N–H and O–H groups in total. The van der Waals surface area contributed by atoms with Crippen LogP contribution in [0.1, 0.15) is 18.9 Å². The molecular weight excluding hydrogens is 467 g/mol. The molecule has 1 saturated heterocycles. The van der Waals surface area contributed by atoms with Crippen molar-refractivity contribution in [3.05, 3.63) is 45.5 Å². The molecule has 0 saturated carbocycles. The summed E-state index contributed by atoms with van der Waals surface area (Å²) in [6, 6.07) is 3.59. The number of rotatable bonds is 8. The van der Waals surface area contributed by atoms with Crippen LogP contribution in [0.15, 0.2) is 29.3 Å². The van der Waals surface area contributed by atoms with Crippen LogP contribution in [0.2, 0.25) is 5.02 Å². The smallest absolute Gasteiger partial charge is 0.425 e. The maximum atomic E-state index is 13.0. The zero-order chi connectivity index (χ0) is 24.0. The second-order valence-electron chi connectivity index (χ2n) is 7.38. The van der Waals surface area contributed by atoms with E-state index in [0.29, 0.717) is 31.2 Å². The zero-order valence-corrected chi connectivity index (χ0v) is 18.5. The fraction of sp³-hybridized carbons (Fsp3) is 0.500. The number of carbonyl (C=O) groups is 1. The van der Waals surface area contributed by atoms with E-state index in [0.717, 1.165) is 12.0 Å². The molecule has 1 atom stereocenters. The first-order valence-electron chi connectivity index (χ1n) is 10.2. The van der Waals surface area contributed by atoms with Crippen LogP contribution >= 0.6 is 11.6 Å². The van der Waals surface area contributed by atoms with E-state index in [2.05, 4.69) is 15.0 Å². The summed E-state index contributed by atoms with van der Waals surface area (Å²) in [6.07, 6.45) is -2.99. The van der Waals surface area contributed by atoms with Gasteiger partial charge in [-0.15, -0.1) is 0 Å². The molecule has 13 heteroatoms. The number of H-pyrrole nitrogens is 1. The summed E-state index contributed by atoms with van der Waals surface area (Å²) < 4.78 is 49.7. The molecule has 0 radical (unpaired) electrons. The van der Waals surface area contributed by atoms with Crippen LogP contribution in [0.3, 0.4) is 0 Å². The van der Waals surface area contributed by atoms with Crippen LogP contribution in [-0.4, -0.2) is 71.5 Å². The van der Waals surface area contributed by atoms with E-state index in [9.17, 15) is 22.8 Å². The summed E-state index contributed by atoms with van der Waals surface area (Å²) in [5.41, 5.74) is -2.83. The van der Waals surface area contributed by atoms with E-state index in [1.165, 1.54) is 0 Å². The molecule has 2 aromatic heterocycles. The first-order valence-corrected chi connectivity index (χ1v) is 10.6. The van der Waals surface area contributed by atoms with Crippen molar-refractivity contribution in [3.63, 3.8) is 0 Å². The van der Waals surface area contributed by atoms with Crippen molar-refractivity contribution in [1.29, 1.82) is 0 Å². The van der Waals surface area contributed by atoms with E-state index in [1.54, 1.807) is 29.2 Å². The number of nitrogens with zero attached hydrogens (tertiary/aromatic N) is 4. The second-order valence-corrected chi connectivity index (χ2v) is 7.82. The van der Waals surface area contributed by atoms with Gasteiger partial charge in [-0.25, -0.2) is 10.1 Å². The van der Waals surface area contributed by atoms with Crippen molar-refractivity contribution >= 4 is 23.3 Å². The van der Waals surface area contributed by atoms with E-state index in [4.69, 9.17) is 21.1 Å². The number of hydrogen-bond acceptors (Lipinski definition) is 7. The van der Waals surface area contributed by atoms with Crippen molar-refractivity contribution in [2.45, 2.75) is 25.6 Å². The fourth-order valence-corrected chi connectivity index (χ4v) is 3.37. The first kappa shape index (κ1) is 24.8. The molecule has 0 aromatic carbocycles. The van der Waals surface area contributed by atoms with Gasteiger partial charge >= 0.3 is 6.18 Å². The maximum absolute atomic E-state index is 13.0. The minimum Gasteiger partial charge on any atom is -0.488 e. The molecule has 33 heavy (non-hydrogen) atoms. The Kier molecular flexibility index (Phi) is 8.14. The largest absolute Gasteiger partial charge is 0.488 e. The average molecular weight is 490 g/mol.